The molecule has 0 bridgehead atoms. The Balaban J connectivity index is 3.08. The largest absolute Gasteiger partial charge is 0.726 e. The third-order valence-corrected chi connectivity index (χ3v) is 3.81. The van der Waals surface area contributed by atoms with Crippen molar-refractivity contribution in [3.05, 3.63) is 0 Å². The fraction of sp³-hybridized carbons (Fsp3) is 1.00. The Kier molecular flexibility index (Phi) is 6.63. The molecule has 0 aliphatic carbocycles. The molecule has 0 aromatic carbocycles. The summed E-state index contributed by atoms with van der Waals surface area (Å²) in [5.41, 5.74) is 0. The van der Waals surface area contributed by atoms with Gasteiger partial charge in [0.15, 0.2) is 12.4 Å². The predicted molar refractivity (Wildman–Crippen MR) is 61.7 cm³/mol. The van der Waals surface area contributed by atoms with E-state index in [2.05, 4.69) is 17.3 Å². The number of aliphatic hydroxyl groups excluding tert-OH is 2. The maximum atomic E-state index is 10.6. The zero-order valence-electron chi connectivity index (χ0n) is 11.0. The van der Waals surface area contributed by atoms with E-state index >= 15 is 0 Å². The fourth-order valence-corrected chi connectivity index (χ4v) is 2.95. The molecule has 1 aliphatic heterocycles. The lowest BCUT2D eigenvalue weighted by atomic mass is 9.99. The van der Waals surface area contributed by atoms with Crippen LogP contribution in [0.25, 0.3) is 0 Å². The topological polar surface area (TPSA) is 249 Å². The van der Waals surface area contributed by atoms with Crippen molar-refractivity contribution in [2.24, 2.45) is 0 Å². The lowest BCUT2D eigenvalue weighted by Gasteiger charge is -2.42. The van der Waals surface area contributed by atoms with Gasteiger partial charge in [-0.1, -0.05) is 0 Å². The first-order valence-electron chi connectivity index (χ1n) is 5.49. The Labute approximate surface area is 135 Å². The van der Waals surface area contributed by atoms with Gasteiger partial charge in [0.1, 0.15) is 18.3 Å². The van der Waals surface area contributed by atoms with Crippen LogP contribution in [0.5, 0.6) is 0 Å². The molecule has 1 rings (SSSR count). The normalized spacial score (nSPS) is 32.6. The molecule has 0 radical (unpaired) electrons. The van der Waals surface area contributed by atoms with Crippen LogP contribution in [-0.2, 0) is 48.5 Å². The van der Waals surface area contributed by atoms with Gasteiger partial charge in [0.25, 0.3) is 0 Å². The van der Waals surface area contributed by atoms with Crippen molar-refractivity contribution in [1.29, 1.82) is 0 Å². The van der Waals surface area contributed by atoms with Crippen LogP contribution in [0.4, 0.5) is 0 Å². The molecule has 15 nitrogen and oxygen atoms in total. The summed E-state index contributed by atoms with van der Waals surface area (Å²) >= 11 is 0. The Morgan fingerprint density at radius 3 is 1.71 bits per heavy atom. The van der Waals surface area contributed by atoms with E-state index in [1.54, 1.807) is 0 Å². The summed E-state index contributed by atoms with van der Waals surface area (Å²) in [4.78, 5) is 0. The highest BCUT2D eigenvalue weighted by molar-refractivity contribution is 7.81. The SMILES string of the molecule is O=S(=O)([O-])OC[C@H]1O[C@@H](O)[C@H](OS(=O)(=O)[O-])[C@@H](OS(=O)(=O)[O-])[C@@H]1O. The van der Waals surface area contributed by atoms with Crippen molar-refractivity contribution in [2.75, 3.05) is 6.61 Å². The van der Waals surface area contributed by atoms with Crippen LogP contribution in [0.3, 0.4) is 0 Å². The van der Waals surface area contributed by atoms with Gasteiger partial charge in [-0.25, -0.2) is 25.3 Å². The zero-order valence-corrected chi connectivity index (χ0v) is 13.5. The smallest absolute Gasteiger partial charge is 0.218 e. The lowest BCUT2D eigenvalue weighted by Crippen LogP contribution is -2.61. The van der Waals surface area contributed by atoms with Crippen molar-refractivity contribution in [3.8, 4) is 0 Å². The Hall–Kier alpha value is -0.510. The van der Waals surface area contributed by atoms with Gasteiger partial charge in [0, 0.05) is 0 Å². The van der Waals surface area contributed by atoms with Gasteiger partial charge in [0.2, 0.25) is 31.2 Å². The van der Waals surface area contributed by atoms with E-state index < -0.39 is 68.5 Å². The van der Waals surface area contributed by atoms with Gasteiger partial charge in [-0.05, 0) is 0 Å². The first kappa shape index (κ1) is 21.5. The molecule has 1 fully saturated rings. The second-order valence-electron chi connectivity index (χ2n) is 4.19. The standard InChI is InChI=1S/C6H12O15S3/c7-3-2(1-18-22(9,10)11)19-6(8)5(21-24(15,16)17)4(3)20-23(12,13)14/h2-8H,1H2,(H,9,10,11)(H,12,13,14)(H,15,16,17)/p-3/t2-,3-,4+,5-,6-/m1/s1. The van der Waals surface area contributed by atoms with Crippen LogP contribution >= 0.6 is 0 Å². The summed E-state index contributed by atoms with van der Waals surface area (Å²) in [6, 6.07) is 0. The van der Waals surface area contributed by atoms with E-state index in [9.17, 15) is 49.1 Å². The number of aliphatic hydroxyl groups is 2. The van der Waals surface area contributed by atoms with Gasteiger partial charge in [-0.2, -0.15) is 0 Å². The maximum Gasteiger partial charge on any atom is 0.218 e. The molecular weight excluding hydrogens is 408 g/mol. The minimum absolute atomic E-state index is 1.26. The number of hydrogen-bond acceptors (Lipinski definition) is 15. The first-order chi connectivity index (χ1) is 10.6. The van der Waals surface area contributed by atoms with E-state index in [-0.39, 0.29) is 0 Å². The molecule has 24 heavy (non-hydrogen) atoms. The van der Waals surface area contributed by atoms with E-state index in [4.69, 9.17) is 0 Å². The zero-order chi connectivity index (χ0) is 18.9. The summed E-state index contributed by atoms with van der Waals surface area (Å²) < 4.78 is 110. The van der Waals surface area contributed by atoms with Crippen molar-refractivity contribution < 1.29 is 66.4 Å². The van der Waals surface area contributed by atoms with Gasteiger partial charge >= 0.3 is 0 Å². The van der Waals surface area contributed by atoms with Crippen molar-refractivity contribution in [3.63, 3.8) is 0 Å². The highest BCUT2D eigenvalue weighted by atomic mass is 32.3. The monoisotopic (exact) mass is 417 g/mol. The summed E-state index contributed by atoms with van der Waals surface area (Å²) in [7, 11) is -16.5. The lowest BCUT2D eigenvalue weighted by molar-refractivity contribution is -0.275. The number of ether oxygens (including phenoxy) is 1. The van der Waals surface area contributed by atoms with Gasteiger partial charge in [-0.3, -0.25) is 12.5 Å². The molecule has 0 aromatic heterocycles. The number of hydrogen-bond donors (Lipinski definition) is 2. The van der Waals surface area contributed by atoms with E-state index in [1.807, 2.05) is 0 Å². The molecule has 5 atom stereocenters. The van der Waals surface area contributed by atoms with Crippen LogP contribution in [0.2, 0.25) is 0 Å². The Bertz CT molecular complexity index is 736. The molecule has 0 unspecified atom stereocenters. The van der Waals surface area contributed by atoms with Gasteiger partial charge in [-0.15, -0.1) is 0 Å². The van der Waals surface area contributed by atoms with Crippen molar-refractivity contribution in [2.45, 2.75) is 30.7 Å². The summed E-state index contributed by atoms with van der Waals surface area (Å²) in [6.45, 7) is -1.26. The third-order valence-electron chi connectivity index (χ3n) is 2.47. The quantitative estimate of drug-likeness (QED) is 0.291. The molecule has 0 amide bonds. The average Bonchev–Trinajstić information content (AvgIpc) is 2.32. The molecule has 0 aromatic rings. The molecular formula is C6H9O15S3-3. The minimum atomic E-state index is -5.61. The van der Waals surface area contributed by atoms with E-state index in [0.717, 1.165) is 0 Å². The Morgan fingerprint density at radius 1 is 0.833 bits per heavy atom. The molecule has 144 valence electrons. The molecule has 1 saturated heterocycles. The second kappa shape index (κ2) is 7.39. The fourth-order valence-electron chi connectivity index (χ4n) is 1.68. The van der Waals surface area contributed by atoms with Crippen LogP contribution in [0, 0.1) is 0 Å². The first-order valence-corrected chi connectivity index (χ1v) is 9.49. The molecule has 2 N–H and O–H groups in total. The molecule has 18 heteroatoms. The second-order valence-corrected chi connectivity index (χ2v) is 7.26. The van der Waals surface area contributed by atoms with Crippen molar-refractivity contribution in [1.82, 2.24) is 0 Å². The molecule has 1 aliphatic rings. The number of rotatable bonds is 7. The van der Waals surface area contributed by atoms with Gasteiger partial charge < -0.3 is 28.6 Å². The summed E-state index contributed by atoms with van der Waals surface area (Å²) in [6.07, 6.45) is -11.8. The van der Waals surface area contributed by atoms with Crippen molar-refractivity contribution >= 4 is 31.2 Å². The highest BCUT2D eigenvalue weighted by Gasteiger charge is 2.48. The average molecular weight is 417 g/mol. The molecule has 0 spiro atoms. The summed E-state index contributed by atoms with van der Waals surface area (Å²) in [5, 5.41) is 19.3. The van der Waals surface area contributed by atoms with Crippen LogP contribution in [-0.4, -0.2) is 86.4 Å². The van der Waals surface area contributed by atoms with Crippen LogP contribution in [0.15, 0.2) is 0 Å². The van der Waals surface area contributed by atoms with E-state index in [0.29, 0.717) is 0 Å². The van der Waals surface area contributed by atoms with Crippen LogP contribution in [0.1, 0.15) is 0 Å². The van der Waals surface area contributed by atoms with Crippen LogP contribution < -0.4 is 0 Å². The maximum absolute atomic E-state index is 10.6. The summed E-state index contributed by atoms with van der Waals surface area (Å²) in [5.74, 6) is 0. The third kappa shape index (κ3) is 7.16. The van der Waals surface area contributed by atoms with Gasteiger partial charge in [0.05, 0.1) is 6.61 Å². The highest BCUT2D eigenvalue weighted by Crippen LogP contribution is 2.27. The minimum Gasteiger partial charge on any atom is -0.726 e. The molecule has 1 heterocycles. The molecule has 0 saturated carbocycles. The Morgan fingerprint density at radius 2 is 1.29 bits per heavy atom. The van der Waals surface area contributed by atoms with E-state index in [1.165, 1.54) is 0 Å². The predicted octanol–water partition coefficient (Wildman–Crippen LogP) is -4.77.